The summed E-state index contributed by atoms with van der Waals surface area (Å²) in [5, 5.41) is 3.51. The van der Waals surface area contributed by atoms with Crippen LogP contribution >= 0.6 is 0 Å². The van der Waals surface area contributed by atoms with E-state index in [0.717, 1.165) is 35.4 Å². The number of fused-ring (bicyclic) bond motifs is 1. The number of hydrogen-bond acceptors (Lipinski definition) is 4. The van der Waals surface area contributed by atoms with E-state index in [1.54, 1.807) is 14.2 Å². The van der Waals surface area contributed by atoms with Gasteiger partial charge in [0, 0.05) is 23.4 Å². The minimum atomic E-state index is -0.235. The van der Waals surface area contributed by atoms with Crippen molar-refractivity contribution >= 4 is 11.6 Å². The van der Waals surface area contributed by atoms with Gasteiger partial charge in [0.1, 0.15) is 17.7 Å². The van der Waals surface area contributed by atoms with Gasteiger partial charge in [-0.05, 0) is 37.1 Å². The van der Waals surface area contributed by atoms with Crippen LogP contribution in [0.1, 0.15) is 34.9 Å². The molecule has 1 fully saturated rings. The van der Waals surface area contributed by atoms with Crippen molar-refractivity contribution < 1.29 is 14.3 Å². The van der Waals surface area contributed by atoms with Gasteiger partial charge >= 0.3 is 0 Å². The number of amides is 1. The van der Waals surface area contributed by atoms with E-state index in [2.05, 4.69) is 5.32 Å². The molecule has 5 nitrogen and oxygen atoms in total. The van der Waals surface area contributed by atoms with E-state index in [0.29, 0.717) is 5.75 Å². The second-order valence-corrected chi connectivity index (χ2v) is 6.14. The molecule has 1 saturated carbocycles. The fraction of sp³-hybridized carbons (Fsp3) is 0.316. The number of nitrogens with zero attached hydrogens (tertiary/aromatic N) is 1. The number of rotatable bonds is 4. The van der Waals surface area contributed by atoms with Gasteiger partial charge in [0.2, 0.25) is 0 Å². The molecule has 4 rings (SSSR count). The highest BCUT2D eigenvalue weighted by Crippen LogP contribution is 2.43. The molecule has 124 valence electrons. The van der Waals surface area contributed by atoms with Gasteiger partial charge in [0.15, 0.2) is 0 Å². The first-order valence-corrected chi connectivity index (χ1v) is 8.13. The van der Waals surface area contributed by atoms with Crippen LogP contribution in [0.25, 0.3) is 0 Å². The molecule has 0 bridgehead atoms. The van der Waals surface area contributed by atoms with E-state index < -0.39 is 0 Å². The average molecular weight is 324 g/mol. The van der Waals surface area contributed by atoms with Crippen LogP contribution in [0.5, 0.6) is 11.5 Å². The van der Waals surface area contributed by atoms with Gasteiger partial charge in [-0.1, -0.05) is 12.1 Å². The fourth-order valence-electron chi connectivity index (χ4n) is 3.27. The number of para-hydroxylation sites is 1. The second-order valence-electron chi connectivity index (χ2n) is 6.14. The van der Waals surface area contributed by atoms with Crippen LogP contribution in [0, 0.1) is 0 Å². The zero-order chi connectivity index (χ0) is 16.7. The third-order valence-electron chi connectivity index (χ3n) is 4.64. The van der Waals surface area contributed by atoms with Crippen molar-refractivity contribution in [2.75, 3.05) is 19.5 Å². The van der Waals surface area contributed by atoms with Crippen molar-refractivity contribution in [2.24, 2.45) is 0 Å². The standard InChI is InChI=1S/C19H20N2O3/c1-23-13-9-10-15(17(11-13)24-2)18-20-16-6-4-3-5-14(16)19(22)21(18)12-7-8-12/h3-6,9-12,18,20H,7-8H2,1-2H3/t18-/m1/s1. The maximum atomic E-state index is 13.0. The van der Waals surface area contributed by atoms with Crippen molar-refractivity contribution in [2.45, 2.75) is 25.0 Å². The lowest BCUT2D eigenvalue weighted by molar-refractivity contribution is 0.0664. The number of hydrogen-bond donors (Lipinski definition) is 1. The molecular formula is C19H20N2O3. The highest BCUT2D eigenvalue weighted by molar-refractivity contribution is 6.02. The van der Waals surface area contributed by atoms with E-state index in [1.165, 1.54) is 0 Å². The smallest absolute Gasteiger partial charge is 0.258 e. The molecule has 1 heterocycles. The predicted octanol–water partition coefficient (Wildman–Crippen LogP) is 3.43. The molecule has 24 heavy (non-hydrogen) atoms. The number of methoxy groups -OCH3 is 2. The SMILES string of the molecule is COc1ccc([C@@H]2Nc3ccccc3C(=O)N2C2CC2)c(OC)c1. The molecule has 5 heteroatoms. The Kier molecular flexibility index (Phi) is 3.56. The van der Waals surface area contributed by atoms with Crippen molar-refractivity contribution in [3.05, 3.63) is 53.6 Å². The fourth-order valence-corrected chi connectivity index (χ4v) is 3.27. The lowest BCUT2D eigenvalue weighted by Gasteiger charge is -2.38. The molecule has 1 N–H and O–H groups in total. The third-order valence-corrected chi connectivity index (χ3v) is 4.64. The van der Waals surface area contributed by atoms with Gasteiger partial charge in [0.05, 0.1) is 19.8 Å². The van der Waals surface area contributed by atoms with Crippen LogP contribution in [0.3, 0.4) is 0 Å². The van der Waals surface area contributed by atoms with E-state index in [4.69, 9.17) is 9.47 Å². The molecule has 2 aromatic rings. The van der Waals surface area contributed by atoms with E-state index in [1.807, 2.05) is 47.4 Å². The summed E-state index contributed by atoms with van der Waals surface area (Å²) >= 11 is 0. The summed E-state index contributed by atoms with van der Waals surface area (Å²) < 4.78 is 10.8. The van der Waals surface area contributed by atoms with Crippen LogP contribution in [0.2, 0.25) is 0 Å². The largest absolute Gasteiger partial charge is 0.497 e. The number of benzene rings is 2. The number of ether oxygens (including phenoxy) is 2. The van der Waals surface area contributed by atoms with E-state index >= 15 is 0 Å². The highest BCUT2D eigenvalue weighted by Gasteiger charge is 2.42. The molecule has 0 aromatic heterocycles. The molecule has 2 aliphatic rings. The van der Waals surface area contributed by atoms with Crippen molar-refractivity contribution in [3.8, 4) is 11.5 Å². The normalized spacial score (nSPS) is 19.5. The molecule has 1 aliphatic carbocycles. The van der Waals surface area contributed by atoms with E-state index in [-0.39, 0.29) is 18.1 Å². The van der Waals surface area contributed by atoms with Crippen LogP contribution in [-0.4, -0.2) is 31.1 Å². The van der Waals surface area contributed by atoms with Crippen LogP contribution in [0.15, 0.2) is 42.5 Å². The average Bonchev–Trinajstić information content (AvgIpc) is 3.46. The Labute approximate surface area is 141 Å². The Hall–Kier alpha value is -2.69. The Morgan fingerprint density at radius 3 is 2.58 bits per heavy atom. The molecular weight excluding hydrogens is 304 g/mol. The van der Waals surface area contributed by atoms with Crippen molar-refractivity contribution in [1.82, 2.24) is 4.90 Å². The topological polar surface area (TPSA) is 50.8 Å². The monoisotopic (exact) mass is 324 g/mol. The first-order valence-electron chi connectivity index (χ1n) is 8.13. The zero-order valence-electron chi connectivity index (χ0n) is 13.8. The van der Waals surface area contributed by atoms with Gasteiger partial charge in [-0.2, -0.15) is 0 Å². The molecule has 0 unspecified atom stereocenters. The minimum Gasteiger partial charge on any atom is -0.497 e. The summed E-state index contributed by atoms with van der Waals surface area (Å²) in [5.41, 5.74) is 2.53. The molecule has 1 atom stereocenters. The minimum absolute atomic E-state index is 0.0784. The van der Waals surface area contributed by atoms with Crippen LogP contribution in [0.4, 0.5) is 5.69 Å². The molecule has 0 spiro atoms. The van der Waals surface area contributed by atoms with Crippen molar-refractivity contribution in [1.29, 1.82) is 0 Å². The summed E-state index contributed by atoms with van der Waals surface area (Å²) in [6, 6.07) is 13.7. The molecule has 1 amide bonds. The lowest BCUT2D eigenvalue weighted by atomic mass is 10.0. The van der Waals surface area contributed by atoms with Gasteiger partial charge in [0.25, 0.3) is 5.91 Å². The lowest BCUT2D eigenvalue weighted by Crippen LogP contribution is -2.44. The first-order chi connectivity index (χ1) is 11.7. The number of nitrogens with one attached hydrogen (secondary N) is 1. The first kappa shape index (κ1) is 14.9. The number of anilines is 1. The van der Waals surface area contributed by atoms with Crippen LogP contribution < -0.4 is 14.8 Å². The quantitative estimate of drug-likeness (QED) is 0.936. The van der Waals surface area contributed by atoms with E-state index in [9.17, 15) is 4.79 Å². The Bertz CT molecular complexity index is 786. The Balaban J connectivity index is 1.80. The highest BCUT2D eigenvalue weighted by atomic mass is 16.5. The molecule has 0 radical (unpaired) electrons. The maximum absolute atomic E-state index is 13.0. The summed E-state index contributed by atoms with van der Waals surface area (Å²) in [6.07, 6.45) is 1.86. The summed E-state index contributed by atoms with van der Waals surface area (Å²) in [6.45, 7) is 0. The Morgan fingerprint density at radius 2 is 1.88 bits per heavy atom. The predicted molar refractivity (Wildman–Crippen MR) is 91.5 cm³/mol. The molecule has 1 aliphatic heterocycles. The van der Waals surface area contributed by atoms with Crippen molar-refractivity contribution in [3.63, 3.8) is 0 Å². The molecule has 0 saturated heterocycles. The number of carbonyl (C=O) groups is 1. The summed E-state index contributed by atoms with van der Waals surface area (Å²) in [7, 11) is 3.27. The van der Waals surface area contributed by atoms with Gasteiger partial charge < -0.3 is 19.7 Å². The second kappa shape index (κ2) is 5.74. The zero-order valence-corrected chi connectivity index (χ0v) is 13.8. The summed E-state index contributed by atoms with van der Waals surface area (Å²) in [5.74, 6) is 1.52. The summed E-state index contributed by atoms with van der Waals surface area (Å²) in [4.78, 5) is 15.0. The number of carbonyl (C=O) groups excluding carboxylic acids is 1. The van der Waals surface area contributed by atoms with Gasteiger partial charge in [-0.3, -0.25) is 4.79 Å². The van der Waals surface area contributed by atoms with Gasteiger partial charge in [-0.15, -0.1) is 0 Å². The maximum Gasteiger partial charge on any atom is 0.258 e. The third kappa shape index (κ3) is 2.37. The Morgan fingerprint density at radius 1 is 1.08 bits per heavy atom. The van der Waals surface area contributed by atoms with Gasteiger partial charge in [-0.25, -0.2) is 0 Å². The van der Waals surface area contributed by atoms with Crippen LogP contribution in [-0.2, 0) is 0 Å². The molecule has 2 aromatic carbocycles.